The minimum Gasteiger partial charge on any atom is -0.476 e. The molecule has 0 fully saturated rings. The third kappa shape index (κ3) is 2.14. The van der Waals surface area contributed by atoms with Crippen LogP contribution in [0.4, 0.5) is 0 Å². The van der Waals surface area contributed by atoms with Crippen molar-refractivity contribution < 1.29 is 9.90 Å². The molecule has 0 spiro atoms. The molecule has 1 N–H and O–H groups in total. The first kappa shape index (κ1) is 11.3. The predicted octanol–water partition coefficient (Wildman–Crippen LogP) is 2.49. The van der Waals surface area contributed by atoms with Crippen molar-refractivity contribution in [2.24, 2.45) is 0 Å². The van der Waals surface area contributed by atoms with E-state index >= 15 is 0 Å². The van der Waals surface area contributed by atoms with E-state index in [2.05, 4.69) is 42.1 Å². The van der Waals surface area contributed by atoms with Gasteiger partial charge in [0.25, 0.3) is 0 Å². The summed E-state index contributed by atoms with van der Waals surface area (Å²) in [5.74, 6) is -1.12. The largest absolute Gasteiger partial charge is 0.476 e. The number of nitrogens with zero attached hydrogens (tertiary/aromatic N) is 3. The number of benzene rings is 1. The van der Waals surface area contributed by atoms with Gasteiger partial charge in [0.2, 0.25) is 5.69 Å². The summed E-state index contributed by atoms with van der Waals surface area (Å²) in [6.45, 7) is 0. The topological polar surface area (TPSA) is 68.0 Å². The Hall–Kier alpha value is -1.21. The van der Waals surface area contributed by atoms with Crippen molar-refractivity contribution in [3.63, 3.8) is 0 Å². The number of rotatable bonds is 2. The van der Waals surface area contributed by atoms with Crippen LogP contribution in [-0.2, 0) is 0 Å². The average molecular weight is 347 g/mol. The molecule has 0 saturated carbocycles. The van der Waals surface area contributed by atoms with Gasteiger partial charge in [0.15, 0.2) is 4.60 Å². The first-order valence-electron chi connectivity index (χ1n) is 4.20. The van der Waals surface area contributed by atoms with Crippen molar-refractivity contribution in [1.29, 1.82) is 0 Å². The maximum absolute atomic E-state index is 10.8. The van der Waals surface area contributed by atoms with E-state index in [0.717, 1.165) is 4.47 Å². The number of carbonyl (C=O) groups is 1. The summed E-state index contributed by atoms with van der Waals surface area (Å²) in [6.07, 6.45) is 0. The highest BCUT2D eigenvalue weighted by Gasteiger charge is 2.15. The van der Waals surface area contributed by atoms with Crippen LogP contribution in [0, 0.1) is 0 Å². The molecule has 1 heterocycles. The number of halogens is 2. The quantitative estimate of drug-likeness (QED) is 0.907. The summed E-state index contributed by atoms with van der Waals surface area (Å²) in [6, 6.07) is 7.21. The van der Waals surface area contributed by atoms with Crippen LogP contribution in [0.25, 0.3) is 5.69 Å². The Labute approximate surface area is 107 Å². The molecule has 0 radical (unpaired) electrons. The van der Waals surface area contributed by atoms with Gasteiger partial charge in [-0.1, -0.05) is 15.9 Å². The average Bonchev–Trinajstić information content (AvgIpc) is 2.61. The monoisotopic (exact) mass is 345 g/mol. The lowest BCUT2D eigenvalue weighted by Gasteiger charge is -1.98. The van der Waals surface area contributed by atoms with E-state index < -0.39 is 5.97 Å². The maximum Gasteiger partial charge on any atom is 0.359 e. The maximum atomic E-state index is 10.8. The molecule has 0 unspecified atom stereocenters. The van der Waals surface area contributed by atoms with E-state index in [1.54, 1.807) is 12.1 Å². The molecule has 0 saturated heterocycles. The van der Waals surface area contributed by atoms with Crippen molar-refractivity contribution in [3.05, 3.63) is 39.0 Å². The molecule has 7 heteroatoms. The van der Waals surface area contributed by atoms with Gasteiger partial charge in [-0.3, -0.25) is 0 Å². The summed E-state index contributed by atoms with van der Waals surface area (Å²) >= 11 is 6.35. The molecule has 16 heavy (non-hydrogen) atoms. The smallest absolute Gasteiger partial charge is 0.359 e. The zero-order valence-corrected chi connectivity index (χ0v) is 10.9. The van der Waals surface area contributed by atoms with Gasteiger partial charge in [0, 0.05) is 4.47 Å². The Bertz CT molecular complexity index is 536. The number of hydrogen-bond acceptors (Lipinski definition) is 3. The first-order chi connectivity index (χ1) is 7.58. The van der Waals surface area contributed by atoms with E-state index in [4.69, 9.17) is 5.11 Å². The SMILES string of the molecule is O=C(O)c1nn(-c2ccc(Br)cc2)nc1Br. The lowest BCUT2D eigenvalue weighted by molar-refractivity contribution is 0.0689. The second-order valence-electron chi connectivity index (χ2n) is 2.91. The molecule has 2 rings (SSSR count). The third-order valence-corrected chi connectivity index (χ3v) is 2.90. The number of aromatic carboxylic acids is 1. The van der Waals surface area contributed by atoms with Gasteiger partial charge in [-0.15, -0.1) is 15.0 Å². The highest BCUT2D eigenvalue weighted by Crippen LogP contribution is 2.16. The van der Waals surface area contributed by atoms with Gasteiger partial charge in [-0.2, -0.15) is 0 Å². The second-order valence-corrected chi connectivity index (χ2v) is 4.58. The third-order valence-electron chi connectivity index (χ3n) is 1.83. The van der Waals surface area contributed by atoms with Crippen LogP contribution in [0.1, 0.15) is 10.5 Å². The van der Waals surface area contributed by atoms with Gasteiger partial charge < -0.3 is 5.11 Å². The minimum atomic E-state index is -1.12. The molecule has 1 aromatic heterocycles. The second kappa shape index (κ2) is 4.34. The van der Waals surface area contributed by atoms with Gasteiger partial charge in [-0.25, -0.2) is 4.79 Å². The molecule has 0 aliphatic carbocycles. The van der Waals surface area contributed by atoms with E-state index in [1.165, 1.54) is 4.80 Å². The minimum absolute atomic E-state index is 0.108. The number of hydrogen-bond donors (Lipinski definition) is 1. The Morgan fingerprint density at radius 2 is 1.81 bits per heavy atom. The van der Waals surface area contributed by atoms with Crippen molar-refractivity contribution in [2.45, 2.75) is 0 Å². The lowest BCUT2D eigenvalue weighted by atomic mass is 10.3. The van der Waals surface area contributed by atoms with Crippen LogP contribution in [0.2, 0.25) is 0 Å². The standard InChI is InChI=1S/C9H5Br2N3O2/c10-5-1-3-6(4-2-5)14-12-7(9(15)16)8(11)13-14/h1-4H,(H,15,16). The normalized spacial score (nSPS) is 10.4. The van der Waals surface area contributed by atoms with Gasteiger partial charge in [-0.05, 0) is 40.2 Å². The zero-order chi connectivity index (χ0) is 11.7. The van der Waals surface area contributed by atoms with E-state index in [0.29, 0.717) is 5.69 Å². The first-order valence-corrected chi connectivity index (χ1v) is 5.78. The van der Waals surface area contributed by atoms with Crippen LogP contribution in [-0.4, -0.2) is 26.1 Å². The predicted molar refractivity (Wildman–Crippen MR) is 63.7 cm³/mol. The molecule has 82 valence electrons. The van der Waals surface area contributed by atoms with Crippen molar-refractivity contribution in [1.82, 2.24) is 15.0 Å². The van der Waals surface area contributed by atoms with Crippen molar-refractivity contribution in [3.8, 4) is 5.69 Å². The number of carboxylic acids is 1. The molecule has 0 aliphatic heterocycles. The molecule has 0 amide bonds. The van der Waals surface area contributed by atoms with E-state index in [-0.39, 0.29) is 10.3 Å². The molecule has 2 aromatic rings. The summed E-state index contributed by atoms with van der Waals surface area (Å²) < 4.78 is 1.14. The van der Waals surface area contributed by atoms with Gasteiger partial charge >= 0.3 is 5.97 Å². The molecular formula is C9H5Br2N3O2. The van der Waals surface area contributed by atoms with Crippen molar-refractivity contribution >= 4 is 37.8 Å². The van der Waals surface area contributed by atoms with Crippen LogP contribution < -0.4 is 0 Å². The molecule has 0 bridgehead atoms. The van der Waals surface area contributed by atoms with E-state index in [9.17, 15) is 4.79 Å². The van der Waals surface area contributed by atoms with Crippen molar-refractivity contribution in [2.75, 3.05) is 0 Å². The zero-order valence-electron chi connectivity index (χ0n) is 7.76. The molecular weight excluding hydrogens is 342 g/mol. The van der Waals surface area contributed by atoms with Crippen LogP contribution >= 0.6 is 31.9 Å². The summed E-state index contributed by atoms with van der Waals surface area (Å²) in [4.78, 5) is 12.0. The fraction of sp³-hybridized carbons (Fsp3) is 0. The Morgan fingerprint density at radius 3 is 2.31 bits per heavy atom. The highest BCUT2D eigenvalue weighted by atomic mass is 79.9. The van der Waals surface area contributed by atoms with E-state index in [1.807, 2.05) is 12.1 Å². The molecule has 0 atom stereocenters. The lowest BCUT2D eigenvalue weighted by Crippen LogP contribution is -2.02. The van der Waals surface area contributed by atoms with Gasteiger partial charge in [0.05, 0.1) is 5.69 Å². The fourth-order valence-corrected chi connectivity index (χ4v) is 1.77. The van der Waals surface area contributed by atoms with Gasteiger partial charge in [0.1, 0.15) is 0 Å². The molecule has 1 aromatic carbocycles. The molecule has 0 aliphatic rings. The number of aromatic nitrogens is 3. The highest BCUT2D eigenvalue weighted by molar-refractivity contribution is 9.10. The van der Waals surface area contributed by atoms with Crippen LogP contribution in [0.5, 0.6) is 0 Å². The summed E-state index contributed by atoms with van der Waals surface area (Å²) in [7, 11) is 0. The van der Waals surface area contributed by atoms with Crippen LogP contribution in [0.3, 0.4) is 0 Å². The fourth-order valence-electron chi connectivity index (χ4n) is 1.11. The number of carboxylic acid groups (broad SMARTS) is 1. The van der Waals surface area contributed by atoms with Crippen LogP contribution in [0.15, 0.2) is 33.3 Å². The Kier molecular flexibility index (Phi) is 3.06. The Balaban J connectivity index is 2.45. The summed E-state index contributed by atoms with van der Waals surface area (Å²) in [5, 5.41) is 16.6. The molecule has 5 nitrogen and oxygen atoms in total. The summed E-state index contributed by atoms with van der Waals surface area (Å²) in [5.41, 5.74) is 0.583. The Morgan fingerprint density at radius 1 is 1.19 bits per heavy atom.